The van der Waals surface area contributed by atoms with Gasteiger partial charge in [0.25, 0.3) is 0 Å². The second kappa shape index (κ2) is 7.49. The molecule has 0 bridgehead atoms. The molecule has 15 heavy (non-hydrogen) atoms. The Balaban J connectivity index is 3.60. The number of ketones is 1. The van der Waals surface area contributed by atoms with E-state index in [0.717, 1.165) is 18.2 Å². The number of ether oxygens (including phenoxy) is 2. The summed E-state index contributed by atoms with van der Waals surface area (Å²) < 4.78 is 9.14. The zero-order valence-corrected chi connectivity index (χ0v) is 8.39. The van der Waals surface area contributed by atoms with Gasteiger partial charge in [0.1, 0.15) is 13.2 Å². The van der Waals surface area contributed by atoms with Crippen molar-refractivity contribution in [2.24, 2.45) is 0 Å². The van der Waals surface area contributed by atoms with Gasteiger partial charge in [0.05, 0.1) is 0 Å². The van der Waals surface area contributed by atoms with Crippen LogP contribution in [0, 0.1) is 0 Å². The highest BCUT2D eigenvalue weighted by atomic mass is 16.6. The van der Waals surface area contributed by atoms with Crippen LogP contribution in [0.2, 0.25) is 0 Å². The van der Waals surface area contributed by atoms with Crippen molar-refractivity contribution in [2.45, 2.75) is 6.92 Å². The van der Waals surface area contributed by atoms with Crippen molar-refractivity contribution in [3.63, 3.8) is 0 Å². The molecular weight excluding hydrogens is 200 g/mol. The molecular formula is C10H12O5. The van der Waals surface area contributed by atoms with Crippen molar-refractivity contribution in [2.75, 3.05) is 13.2 Å². The molecule has 0 saturated heterocycles. The summed E-state index contributed by atoms with van der Waals surface area (Å²) in [4.78, 5) is 31.8. The fourth-order valence-electron chi connectivity index (χ4n) is 0.577. The first-order chi connectivity index (χ1) is 7.06. The summed E-state index contributed by atoms with van der Waals surface area (Å²) in [6, 6.07) is 0. The minimum atomic E-state index is -0.653. The SMILES string of the molecule is C=CC(=O)OCCOC(=O)/C=C\C(C)=O. The van der Waals surface area contributed by atoms with Crippen molar-refractivity contribution in [1.82, 2.24) is 0 Å². The maximum Gasteiger partial charge on any atom is 0.330 e. The zero-order valence-electron chi connectivity index (χ0n) is 8.39. The van der Waals surface area contributed by atoms with E-state index in [0.29, 0.717) is 0 Å². The van der Waals surface area contributed by atoms with Crippen molar-refractivity contribution in [1.29, 1.82) is 0 Å². The average Bonchev–Trinajstić information content (AvgIpc) is 2.21. The molecule has 5 heteroatoms. The molecule has 0 fully saturated rings. The molecule has 82 valence electrons. The second-order valence-corrected chi connectivity index (χ2v) is 2.48. The summed E-state index contributed by atoms with van der Waals surface area (Å²) >= 11 is 0. The molecule has 0 radical (unpaired) electrons. The van der Waals surface area contributed by atoms with Crippen LogP contribution in [0.25, 0.3) is 0 Å². The predicted octanol–water partition coefficient (Wildman–Crippen LogP) is 0.404. The summed E-state index contributed by atoms with van der Waals surface area (Å²) in [5.41, 5.74) is 0. The molecule has 0 aliphatic carbocycles. The Morgan fingerprint density at radius 3 is 2.07 bits per heavy atom. The Labute approximate surface area is 87.4 Å². The van der Waals surface area contributed by atoms with Crippen molar-refractivity contribution in [3.8, 4) is 0 Å². The van der Waals surface area contributed by atoms with Crippen LogP contribution in [-0.4, -0.2) is 30.9 Å². The van der Waals surface area contributed by atoms with Crippen LogP contribution in [-0.2, 0) is 23.9 Å². The largest absolute Gasteiger partial charge is 0.459 e. The molecule has 0 aromatic heterocycles. The van der Waals surface area contributed by atoms with Gasteiger partial charge in [0.2, 0.25) is 0 Å². The van der Waals surface area contributed by atoms with Crippen LogP contribution in [0.5, 0.6) is 0 Å². The minimum Gasteiger partial charge on any atom is -0.459 e. The topological polar surface area (TPSA) is 69.7 Å². The Bertz CT molecular complexity index is 290. The van der Waals surface area contributed by atoms with E-state index in [1.54, 1.807) is 0 Å². The van der Waals surface area contributed by atoms with Gasteiger partial charge in [-0.1, -0.05) is 6.58 Å². The Morgan fingerprint density at radius 2 is 1.60 bits per heavy atom. The third-order valence-corrected chi connectivity index (χ3v) is 1.19. The first-order valence-corrected chi connectivity index (χ1v) is 4.21. The van der Waals surface area contributed by atoms with Gasteiger partial charge in [0.15, 0.2) is 5.78 Å². The summed E-state index contributed by atoms with van der Waals surface area (Å²) in [6.45, 7) is 4.42. The lowest BCUT2D eigenvalue weighted by Gasteiger charge is -2.01. The quantitative estimate of drug-likeness (QED) is 0.362. The van der Waals surface area contributed by atoms with Crippen molar-refractivity contribution >= 4 is 17.7 Å². The summed E-state index contributed by atoms with van der Waals surface area (Å²) in [5.74, 6) is -1.48. The lowest BCUT2D eigenvalue weighted by atomic mass is 10.4. The first-order valence-electron chi connectivity index (χ1n) is 4.21. The van der Waals surface area contributed by atoms with Gasteiger partial charge < -0.3 is 9.47 Å². The third kappa shape index (κ3) is 8.42. The lowest BCUT2D eigenvalue weighted by Crippen LogP contribution is -2.11. The van der Waals surface area contributed by atoms with Gasteiger partial charge in [-0.05, 0) is 13.0 Å². The average molecular weight is 212 g/mol. The number of esters is 2. The van der Waals surface area contributed by atoms with Crippen molar-refractivity contribution in [3.05, 3.63) is 24.8 Å². The standard InChI is InChI=1S/C10H12O5/c1-3-9(12)14-6-7-15-10(13)5-4-8(2)11/h3-5H,1,6-7H2,2H3/b5-4-. The number of carbonyl (C=O) groups excluding carboxylic acids is 3. The Morgan fingerprint density at radius 1 is 1.07 bits per heavy atom. The van der Waals surface area contributed by atoms with E-state index in [4.69, 9.17) is 0 Å². The number of allylic oxidation sites excluding steroid dienone is 1. The lowest BCUT2D eigenvalue weighted by molar-refractivity contribution is -0.146. The van der Waals surface area contributed by atoms with Crippen molar-refractivity contribution < 1.29 is 23.9 Å². The van der Waals surface area contributed by atoms with E-state index in [-0.39, 0.29) is 19.0 Å². The smallest absolute Gasteiger partial charge is 0.330 e. The molecule has 0 unspecified atom stereocenters. The number of hydrogen-bond donors (Lipinski definition) is 0. The van der Waals surface area contributed by atoms with Crippen LogP contribution >= 0.6 is 0 Å². The minimum absolute atomic E-state index is 0.0372. The van der Waals surface area contributed by atoms with E-state index < -0.39 is 11.9 Å². The Kier molecular flexibility index (Phi) is 6.54. The Hall–Kier alpha value is -1.91. The molecule has 0 aromatic rings. The van der Waals surface area contributed by atoms with E-state index in [9.17, 15) is 14.4 Å². The normalized spacial score (nSPS) is 9.67. The maximum atomic E-state index is 10.8. The summed E-state index contributed by atoms with van der Waals surface area (Å²) in [5, 5.41) is 0. The fourth-order valence-corrected chi connectivity index (χ4v) is 0.577. The molecule has 0 N–H and O–H groups in total. The molecule has 0 aliphatic heterocycles. The summed E-state index contributed by atoms with van der Waals surface area (Å²) in [6.07, 6.45) is 3.12. The van der Waals surface area contributed by atoms with Crippen LogP contribution in [0.3, 0.4) is 0 Å². The molecule has 0 aromatic carbocycles. The molecule has 5 nitrogen and oxygen atoms in total. The second-order valence-electron chi connectivity index (χ2n) is 2.48. The van der Waals surface area contributed by atoms with Crippen LogP contribution in [0.15, 0.2) is 24.8 Å². The van der Waals surface area contributed by atoms with Gasteiger partial charge in [-0.2, -0.15) is 0 Å². The molecule has 0 spiro atoms. The van der Waals surface area contributed by atoms with Gasteiger partial charge in [-0.25, -0.2) is 9.59 Å². The highest BCUT2D eigenvalue weighted by Crippen LogP contribution is 1.85. The van der Waals surface area contributed by atoms with E-state index in [1.807, 2.05) is 0 Å². The number of rotatable bonds is 6. The zero-order chi connectivity index (χ0) is 11.7. The van der Waals surface area contributed by atoms with Crippen LogP contribution in [0.4, 0.5) is 0 Å². The molecule has 0 heterocycles. The third-order valence-electron chi connectivity index (χ3n) is 1.19. The number of carbonyl (C=O) groups is 3. The van der Waals surface area contributed by atoms with E-state index in [2.05, 4.69) is 16.1 Å². The monoisotopic (exact) mass is 212 g/mol. The van der Waals surface area contributed by atoms with Gasteiger partial charge >= 0.3 is 11.9 Å². The highest BCUT2D eigenvalue weighted by Gasteiger charge is 1.99. The molecule has 0 amide bonds. The maximum absolute atomic E-state index is 10.8. The van der Waals surface area contributed by atoms with Crippen LogP contribution in [0.1, 0.15) is 6.92 Å². The van der Waals surface area contributed by atoms with Gasteiger partial charge in [-0.3, -0.25) is 4.79 Å². The highest BCUT2D eigenvalue weighted by molar-refractivity contribution is 5.94. The predicted molar refractivity (Wildman–Crippen MR) is 51.9 cm³/mol. The molecule has 0 aliphatic rings. The van der Waals surface area contributed by atoms with E-state index in [1.165, 1.54) is 6.92 Å². The van der Waals surface area contributed by atoms with Gasteiger partial charge in [-0.15, -0.1) is 0 Å². The first kappa shape index (κ1) is 13.1. The van der Waals surface area contributed by atoms with E-state index >= 15 is 0 Å². The molecule has 0 saturated carbocycles. The van der Waals surface area contributed by atoms with Gasteiger partial charge in [0, 0.05) is 12.2 Å². The van der Waals surface area contributed by atoms with Crippen LogP contribution < -0.4 is 0 Å². The molecule has 0 atom stereocenters. The summed E-state index contributed by atoms with van der Waals surface area (Å²) in [7, 11) is 0. The fraction of sp³-hybridized carbons (Fsp3) is 0.300. The number of hydrogen-bond acceptors (Lipinski definition) is 5. The molecule has 0 rings (SSSR count).